The summed E-state index contributed by atoms with van der Waals surface area (Å²) in [5, 5.41) is 3.70. The number of nitrogens with one attached hydrogen (secondary N) is 1. The van der Waals surface area contributed by atoms with Gasteiger partial charge in [0.2, 0.25) is 0 Å². The van der Waals surface area contributed by atoms with E-state index in [4.69, 9.17) is 0 Å². The van der Waals surface area contributed by atoms with Crippen molar-refractivity contribution < 1.29 is 0 Å². The van der Waals surface area contributed by atoms with Crippen molar-refractivity contribution in [2.75, 3.05) is 6.54 Å². The maximum Gasteiger partial charge on any atom is 0.0207 e. The lowest BCUT2D eigenvalue weighted by Crippen LogP contribution is -2.33. The van der Waals surface area contributed by atoms with Crippen molar-refractivity contribution in [1.82, 2.24) is 5.32 Å². The van der Waals surface area contributed by atoms with Gasteiger partial charge in [-0.05, 0) is 49.3 Å². The molecule has 108 valence electrons. The van der Waals surface area contributed by atoms with Gasteiger partial charge >= 0.3 is 0 Å². The first-order valence-corrected chi connectivity index (χ1v) is 8.18. The minimum atomic E-state index is 0.417. The molecule has 1 unspecified atom stereocenters. The summed E-state index contributed by atoms with van der Waals surface area (Å²) in [6.07, 6.45) is 4.81. The first-order chi connectivity index (χ1) is 8.92. The molecule has 0 spiro atoms. The van der Waals surface area contributed by atoms with Crippen LogP contribution in [0.4, 0.5) is 0 Å². The molecule has 0 fully saturated rings. The summed E-state index contributed by atoms with van der Waals surface area (Å²) >= 11 is 3.66. The largest absolute Gasteiger partial charge is 0.314 e. The SMILES string of the molecule is CCCNC(CCC(C)(C)C)Cc1ccccc1Br. The van der Waals surface area contributed by atoms with Gasteiger partial charge in [-0.15, -0.1) is 0 Å². The van der Waals surface area contributed by atoms with Crippen molar-refractivity contribution in [3.63, 3.8) is 0 Å². The molecule has 0 bridgehead atoms. The van der Waals surface area contributed by atoms with Crippen LogP contribution in [0.25, 0.3) is 0 Å². The summed E-state index contributed by atoms with van der Waals surface area (Å²) in [7, 11) is 0. The van der Waals surface area contributed by atoms with E-state index in [2.05, 4.69) is 73.2 Å². The lowest BCUT2D eigenvalue weighted by atomic mass is 9.87. The fourth-order valence-corrected chi connectivity index (χ4v) is 2.61. The molecule has 1 atom stereocenters. The summed E-state index contributed by atoms with van der Waals surface area (Å²) < 4.78 is 1.23. The molecule has 19 heavy (non-hydrogen) atoms. The predicted octanol–water partition coefficient (Wildman–Crippen LogP) is 5.19. The van der Waals surface area contributed by atoms with Gasteiger partial charge in [-0.3, -0.25) is 0 Å². The molecule has 1 aromatic carbocycles. The molecule has 1 N–H and O–H groups in total. The molecule has 0 aliphatic heterocycles. The quantitative estimate of drug-likeness (QED) is 0.727. The molecule has 0 aromatic heterocycles. The summed E-state index contributed by atoms with van der Waals surface area (Å²) in [4.78, 5) is 0. The standard InChI is InChI=1S/C17H28BrN/c1-5-12-19-15(10-11-17(2,3)4)13-14-8-6-7-9-16(14)18/h6-9,15,19H,5,10-13H2,1-4H3. The van der Waals surface area contributed by atoms with Gasteiger partial charge in [0.05, 0.1) is 0 Å². The van der Waals surface area contributed by atoms with E-state index < -0.39 is 0 Å². The van der Waals surface area contributed by atoms with Gasteiger partial charge in [0.25, 0.3) is 0 Å². The van der Waals surface area contributed by atoms with E-state index in [9.17, 15) is 0 Å². The van der Waals surface area contributed by atoms with Crippen LogP contribution in [0, 0.1) is 5.41 Å². The summed E-state index contributed by atoms with van der Waals surface area (Å²) in [5.74, 6) is 0. The number of benzene rings is 1. The molecule has 1 nitrogen and oxygen atoms in total. The minimum absolute atomic E-state index is 0.417. The third-order valence-electron chi connectivity index (χ3n) is 3.35. The number of rotatable bonds is 7. The number of halogens is 1. The lowest BCUT2D eigenvalue weighted by molar-refractivity contribution is 0.328. The van der Waals surface area contributed by atoms with Crippen LogP contribution < -0.4 is 5.32 Å². The van der Waals surface area contributed by atoms with E-state index in [1.807, 2.05) is 0 Å². The Hall–Kier alpha value is -0.340. The normalized spacial score (nSPS) is 13.5. The third kappa shape index (κ3) is 7.12. The number of hydrogen-bond donors (Lipinski definition) is 1. The molecule has 1 rings (SSSR count). The maximum absolute atomic E-state index is 3.70. The van der Waals surface area contributed by atoms with Gasteiger partial charge in [-0.2, -0.15) is 0 Å². The minimum Gasteiger partial charge on any atom is -0.314 e. The van der Waals surface area contributed by atoms with Gasteiger partial charge in [-0.25, -0.2) is 0 Å². The van der Waals surface area contributed by atoms with Crippen molar-refractivity contribution in [3.8, 4) is 0 Å². The lowest BCUT2D eigenvalue weighted by Gasteiger charge is -2.24. The van der Waals surface area contributed by atoms with Crippen molar-refractivity contribution in [3.05, 3.63) is 34.3 Å². The van der Waals surface area contributed by atoms with E-state index in [1.165, 1.54) is 29.3 Å². The van der Waals surface area contributed by atoms with Crippen molar-refractivity contribution in [2.45, 2.75) is 59.4 Å². The van der Waals surface area contributed by atoms with Crippen LogP contribution in [-0.4, -0.2) is 12.6 Å². The van der Waals surface area contributed by atoms with Crippen LogP contribution in [0.3, 0.4) is 0 Å². The molecular weight excluding hydrogens is 298 g/mol. The van der Waals surface area contributed by atoms with Crippen LogP contribution in [0.1, 0.15) is 52.5 Å². The second-order valence-electron chi connectivity index (χ2n) is 6.55. The monoisotopic (exact) mass is 325 g/mol. The fraction of sp³-hybridized carbons (Fsp3) is 0.647. The van der Waals surface area contributed by atoms with Gasteiger partial charge in [-0.1, -0.05) is 61.8 Å². The van der Waals surface area contributed by atoms with E-state index in [0.29, 0.717) is 11.5 Å². The molecule has 0 saturated carbocycles. The first kappa shape index (κ1) is 16.7. The Morgan fingerprint density at radius 3 is 2.47 bits per heavy atom. The van der Waals surface area contributed by atoms with Gasteiger partial charge in [0.1, 0.15) is 0 Å². The first-order valence-electron chi connectivity index (χ1n) is 7.39. The zero-order valence-electron chi connectivity index (χ0n) is 12.8. The molecule has 0 aliphatic carbocycles. The summed E-state index contributed by atoms with van der Waals surface area (Å²) in [5.41, 5.74) is 1.82. The molecule has 0 aliphatic rings. The molecular formula is C17H28BrN. The second-order valence-corrected chi connectivity index (χ2v) is 7.40. The van der Waals surface area contributed by atoms with Gasteiger partial charge in [0, 0.05) is 10.5 Å². The van der Waals surface area contributed by atoms with Crippen molar-refractivity contribution >= 4 is 15.9 Å². The Balaban J connectivity index is 2.61. The second kappa shape index (κ2) is 8.06. The highest BCUT2D eigenvalue weighted by molar-refractivity contribution is 9.10. The van der Waals surface area contributed by atoms with Gasteiger partial charge in [0.15, 0.2) is 0 Å². The van der Waals surface area contributed by atoms with E-state index in [1.54, 1.807) is 0 Å². The Labute approximate surface area is 127 Å². The highest BCUT2D eigenvalue weighted by atomic mass is 79.9. The Morgan fingerprint density at radius 1 is 1.21 bits per heavy atom. The van der Waals surface area contributed by atoms with Gasteiger partial charge < -0.3 is 5.32 Å². The van der Waals surface area contributed by atoms with Crippen LogP contribution in [0.2, 0.25) is 0 Å². The predicted molar refractivity (Wildman–Crippen MR) is 88.6 cm³/mol. The zero-order chi connectivity index (χ0) is 14.3. The van der Waals surface area contributed by atoms with Crippen LogP contribution in [-0.2, 0) is 6.42 Å². The Bertz CT molecular complexity index is 368. The smallest absolute Gasteiger partial charge is 0.0207 e. The topological polar surface area (TPSA) is 12.0 Å². The summed E-state index contributed by atoms with van der Waals surface area (Å²) in [6, 6.07) is 9.15. The van der Waals surface area contributed by atoms with E-state index in [0.717, 1.165) is 13.0 Å². The number of hydrogen-bond acceptors (Lipinski definition) is 1. The summed E-state index contributed by atoms with van der Waals surface area (Å²) in [6.45, 7) is 10.3. The molecule has 0 heterocycles. The molecule has 1 aromatic rings. The maximum atomic E-state index is 3.70. The van der Waals surface area contributed by atoms with Crippen LogP contribution in [0.5, 0.6) is 0 Å². The molecule has 0 radical (unpaired) electrons. The zero-order valence-corrected chi connectivity index (χ0v) is 14.4. The average molecular weight is 326 g/mol. The van der Waals surface area contributed by atoms with Crippen LogP contribution in [0.15, 0.2) is 28.7 Å². The highest BCUT2D eigenvalue weighted by Gasteiger charge is 2.16. The van der Waals surface area contributed by atoms with Crippen molar-refractivity contribution in [2.24, 2.45) is 5.41 Å². The van der Waals surface area contributed by atoms with Crippen molar-refractivity contribution in [1.29, 1.82) is 0 Å². The average Bonchev–Trinajstić information content (AvgIpc) is 2.34. The fourth-order valence-electron chi connectivity index (χ4n) is 2.16. The van der Waals surface area contributed by atoms with E-state index in [-0.39, 0.29) is 0 Å². The van der Waals surface area contributed by atoms with E-state index >= 15 is 0 Å². The Kier molecular flexibility index (Phi) is 7.09. The molecule has 0 saturated heterocycles. The Morgan fingerprint density at radius 2 is 1.89 bits per heavy atom. The highest BCUT2D eigenvalue weighted by Crippen LogP contribution is 2.24. The molecule has 0 amide bonds. The third-order valence-corrected chi connectivity index (χ3v) is 4.12. The van der Waals surface area contributed by atoms with Crippen LogP contribution >= 0.6 is 15.9 Å². The molecule has 2 heteroatoms.